The van der Waals surface area contributed by atoms with Gasteiger partial charge in [-0.25, -0.2) is 8.42 Å². The quantitative estimate of drug-likeness (QED) is 0.775. The number of aryl methyl sites for hydroxylation is 3. The van der Waals surface area contributed by atoms with Crippen LogP contribution in [0.5, 0.6) is 0 Å². The molecule has 0 atom stereocenters. The van der Waals surface area contributed by atoms with E-state index in [9.17, 15) is 13.2 Å². The molecule has 29 heavy (non-hydrogen) atoms. The largest absolute Gasteiger partial charge is 0.379 e. The monoisotopic (exact) mass is 414 g/mol. The normalized spacial score (nSPS) is 17.8. The van der Waals surface area contributed by atoms with E-state index in [4.69, 9.17) is 4.74 Å². The molecule has 7 heteroatoms. The molecule has 1 amide bonds. The number of hydrogen-bond acceptors (Lipinski definition) is 4. The van der Waals surface area contributed by atoms with Crippen molar-refractivity contribution in [3.05, 3.63) is 58.7 Å². The summed E-state index contributed by atoms with van der Waals surface area (Å²) in [5, 5.41) is 0. The first-order valence-electron chi connectivity index (χ1n) is 9.98. The van der Waals surface area contributed by atoms with Crippen molar-refractivity contribution < 1.29 is 17.9 Å². The number of nitrogens with zero attached hydrogens (tertiary/aromatic N) is 2. The van der Waals surface area contributed by atoms with Gasteiger partial charge in [-0.05, 0) is 56.0 Å². The van der Waals surface area contributed by atoms with Crippen molar-refractivity contribution in [1.82, 2.24) is 4.31 Å². The number of hydrogen-bond donors (Lipinski definition) is 0. The Hall–Kier alpha value is -2.22. The summed E-state index contributed by atoms with van der Waals surface area (Å²) in [5.74, 6) is -0.147. The summed E-state index contributed by atoms with van der Waals surface area (Å²) in [5.41, 5.74) is 4.47. The molecule has 1 fully saturated rings. The van der Waals surface area contributed by atoms with Crippen LogP contribution < -0.4 is 4.90 Å². The second-order valence-electron chi connectivity index (χ2n) is 7.69. The van der Waals surface area contributed by atoms with Gasteiger partial charge in [0.15, 0.2) is 0 Å². The molecule has 0 aliphatic carbocycles. The van der Waals surface area contributed by atoms with Gasteiger partial charge in [-0.2, -0.15) is 4.31 Å². The minimum atomic E-state index is -3.65. The Morgan fingerprint density at radius 2 is 1.76 bits per heavy atom. The predicted molar refractivity (Wildman–Crippen MR) is 112 cm³/mol. The Bertz CT molecular complexity index is 1040. The number of amides is 1. The second-order valence-corrected chi connectivity index (χ2v) is 9.62. The van der Waals surface area contributed by atoms with Crippen molar-refractivity contribution in [3.8, 4) is 0 Å². The fourth-order valence-corrected chi connectivity index (χ4v) is 5.44. The van der Waals surface area contributed by atoms with Crippen LogP contribution in [0.1, 0.15) is 33.5 Å². The molecule has 6 nitrogen and oxygen atoms in total. The number of benzene rings is 2. The van der Waals surface area contributed by atoms with Crippen LogP contribution in [0.15, 0.2) is 41.3 Å². The smallest absolute Gasteiger partial charge is 0.258 e. The Balaban J connectivity index is 1.69. The Morgan fingerprint density at radius 3 is 2.52 bits per heavy atom. The molecule has 2 aromatic carbocycles. The summed E-state index contributed by atoms with van der Waals surface area (Å²) in [4.78, 5) is 15.4. The topological polar surface area (TPSA) is 66.9 Å². The van der Waals surface area contributed by atoms with Crippen LogP contribution in [-0.4, -0.2) is 51.5 Å². The van der Waals surface area contributed by atoms with Crippen molar-refractivity contribution >= 4 is 21.6 Å². The van der Waals surface area contributed by atoms with E-state index >= 15 is 0 Å². The van der Waals surface area contributed by atoms with Gasteiger partial charge >= 0.3 is 0 Å². The molecule has 0 spiro atoms. The first kappa shape index (κ1) is 20.1. The summed E-state index contributed by atoms with van der Waals surface area (Å²) in [7, 11) is -3.65. The molecule has 0 bridgehead atoms. The zero-order valence-electron chi connectivity index (χ0n) is 16.8. The first-order valence-corrected chi connectivity index (χ1v) is 11.4. The number of morpholine rings is 1. The number of fused-ring (bicyclic) bond motifs is 1. The maximum Gasteiger partial charge on any atom is 0.258 e. The molecular weight excluding hydrogens is 388 g/mol. The minimum absolute atomic E-state index is 0.147. The zero-order chi connectivity index (χ0) is 20.6. The van der Waals surface area contributed by atoms with Crippen LogP contribution in [0.3, 0.4) is 0 Å². The van der Waals surface area contributed by atoms with E-state index in [-0.39, 0.29) is 10.8 Å². The van der Waals surface area contributed by atoms with Gasteiger partial charge in [0.2, 0.25) is 10.0 Å². The molecule has 0 radical (unpaired) electrons. The Morgan fingerprint density at radius 1 is 1.00 bits per heavy atom. The summed E-state index contributed by atoms with van der Waals surface area (Å²) in [6, 6.07) is 11.0. The molecule has 0 N–H and O–H groups in total. The van der Waals surface area contributed by atoms with Crippen molar-refractivity contribution in [2.45, 2.75) is 31.6 Å². The molecule has 1 saturated heterocycles. The predicted octanol–water partition coefficient (Wildman–Crippen LogP) is 2.92. The number of carbonyl (C=O) groups is 1. The van der Waals surface area contributed by atoms with Crippen LogP contribution in [0.2, 0.25) is 0 Å². The van der Waals surface area contributed by atoms with Crippen LogP contribution in [0.25, 0.3) is 0 Å². The molecule has 2 aliphatic rings. The summed E-state index contributed by atoms with van der Waals surface area (Å²) < 4.78 is 32.8. The SMILES string of the molecule is Cc1ccc2c(c1)CCCN2C(=O)c1cc(S(=O)(=O)N2CCOCC2)ccc1C. The number of anilines is 1. The standard InChI is InChI=1S/C22H26N2O4S/c1-16-5-8-21-18(14-16)4-3-9-24(21)22(25)20-15-19(7-6-17(20)2)29(26,27)23-10-12-28-13-11-23/h5-8,14-15H,3-4,9-13H2,1-2H3. The minimum Gasteiger partial charge on any atom is -0.379 e. The van der Waals surface area contributed by atoms with E-state index < -0.39 is 10.0 Å². The van der Waals surface area contributed by atoms with Gasteiger partial charge in [0.25, 0.3) is 5.91 Å². The van der Waals surface area contributed by atoms with Crippen LogP contribution >= 0.6 is 0 Å². The summed E-state index contributed by atoms with van der Waals surface area (Å²) >= 11 is 0. The average molecular weight is 415 g/mol. The molecule has 2 aromatic rings. The van der Waals surface area contributed by atoms with Crippen molar-refractivity contribution in [3.63, 3.8) is 0 Å². The number of sulfonamides is 1. The summed E-state index contributed by atoms with van der Waals surface area (Å²) in [6.45, 7) is 5.97. The fraction of sp³-hybridized carbons (Fsp3) is 0.409. The van der Waals surface area contributed by atoms with Gasteiger partial charge in [0.1, 0.15) is 0 Å². The lowest BCUT2D eigenvalue weighted by molar-refractivity contribution is 0.0730. The molecule has 4 rings (SSSR count). The maximum atomic E-state index is 13.4. The lowest BCUT2D eigenvalue weighted by atomic mass is 9.98. The third kappa shape index (κ3) is 3.82. The van der Waals surface area contributed by atoms with Crippen molar-refractivity contribution in [2.75, 3.05) is 37.7 Å². The van der Waals surface area contributed by atoms with Gasteiger partial charge in [0, 0.05) is 30.9 Å². The molecule has 0 aromatic heterocycles. The second kappa shape index (κ2) is 7.89. The van der Waals surface area contributed by atoms with Crippen LogP contribution in [-0.2, 0) is 21.2 Å². The van der Waals surface area contributed by atoms with E-state index in [1.54, 1.807) is 17.0 Å². The molecule has 154 valence electrons. The Labute approximate surface area is 172 Å². The highest BCUT2D eigenvalue weighted by atomic mass is 32.2. The van der Waals surface area contributed by atoms with Crippen LogP contribution in [0, 0.1) is 13.8 Å². The van der Waals surface area contributed by atoms with Gasteiger partial charge in [0.05, 0.1) is 18.1 Å². The molecule has 0 saturated carbocycles. The van der Waals surface area contributed by atoms with Gasteiger partial charge < -0.3 is 9.64 Å². The van der Waals surface area contributed by atoms with E-state index in [0.717, 1.165) is 24.1 Å². The van der Waals surface area contributed by atoms with E-state index in [1.807, 2.05) is 26.0 Å². The number of ether oxygens (including phenoxy) is 1. The number of rotatable bonds is 3. The third-order valence-electron chi connectivity index (χ3n) is 5.65. The van der Waals surface area contributed by atoms with Gasteiger partial charge in [-0.15, -0.1) is 0 Å². The Kier molecular flexibility index (Phi) is 5.46. The molecule has 2 aliphatic heterocycles. The molecule has 0 unspecified atom stereocenters. The lowest BCUT2D eigenvalue weighted by Gasteiger charge is -2.30. The zero-order valence-corrected chi connectivity index (χ0v) is 17.7. The highest BCUT2D eigenvalue weighted by Gasteiger charge is 2.29. The maximum absolute atomic E-state index is 13.4. The van der Waals surface area contributed by atoms with Crippen LogP contribution in [0.4, 0.5) is 5.69 Å². The fourth-order valence-electron chi connectivity index (χ4n) is 4.01. The van der Waals surface area contributed by atoms with Crippen molar-refractivity contribution in [1.29, 1.82) is 0 Å². The van der Waals surface area contributed by atoms with E-state index in [2.05, 4.69) is 6.07 Å². The number of carbonyl (C=O) groups excluding carboxylic acids is 1. The van der Waals surface area contributed by atoms with E-state index in [0.29, 0.717) is 38.4 Å². The molecule has 2 heterocycles. The first-order chi connectivity index (χ1) is 13.9. The van der Waals surface area contributed by atoms with Gasteiger partial charge in [-0.1, -0.05) is 23.8 Å². The van der Waals surface area contributed by atoms with Gasteiger partial charge in [-0.3, -0.25) is 4.79 Å². The van der Waals surface area contributed by atoms with Crippen molar-refractivity contribution in [2.24, 2.45) is 0 Å². The average Bonchev–Trinajstić information content (AvgIpc) is 2.73. The third-order valence-corrected chi connectivity index (χ3v) is 7.54. The highest BCUT2D eigenvalue weighted by molar-refractivity contribution is 7.89. The summed E-state index contributed by atoms with van der Waals surface area (Å²) in [6.07, 6.45) is 1.85. The highest BCUT2D eigenvalue weighted by Crippen LogP contribution is 2.30. The lowest BCUT2D eigenvalue weighted by Crippen LogP contribution is -2.40. The van der Waals surface area contributed by atoms with E-state index in [1.165, 1.54) is 21.5 Å². The molecular formula is C22H26N2O4S.